The van der Waals surface area contributed by atoms with Crippen LogP contribution >= 0.6 is 0 Å². The molecular formula is C29H44N2O2. The molecule has 0 aliphatic heterocycles. The third kappa shape index (κ3) is 6.66. The van der Waals surface area contributed by atoms with Gasteiger partial charge in [0.2, 0.25) is 0 Å². The zero-order valence-electron chi connectivity index (χ0n) is 21.2. The van der Waals surface area contributed by atoms with Gasteiger partial charge in [0.1, 0.15) is 0 Å². The smallest absolute Gasteiger partial charge is 0.0790 e. The van der Waals surface area contributed by atoms with E-state index in [1.807, 2.05) is 0 Å². The number of aliphatic hydroxyl groups is 2. The van der Waals surface area contributed by atoms with E-state index in [0.29, 0.717) is 0 Å². The highest BCUT2D eigenvalue weighted by Crippen LogP contribution is 2.39. The quantitative estimate of drug-likeness (QED) is 0.336. The minimum atomic E-state index is -0.405. The molecule has 2 N–H and O–H groups in total. The third-order valence-electron chi connectivity index (χ3n) is 7.39. The third-order valence-corrected chi connectivity index (χ3v) is 7.39. The highest BCUT2D eigenvalue weighted by Gasteiger charge is 2.21. The van der Waals surface area contributed by atoms with Gasteiger partial charge < -0.3 is 20.0 Å². The van der Waals surface area contributed by atoms with Gasteiger partial charge in [-0.05, 0) is 105 Å². The van der Waals surface area contributed by atoms with E-state index < -0.39 is 12.2 Å². The van der Waals surface area contributed by atoms with E-state index >= 15 is 0 Å². The van der Waals surface area contributed by atoms with Crippen molar-refractivity contribution in [1.82, 2.24) is 9.80 Å². The maximum atomic E-state index is 10.7. The van der Waals surface area contributed by atoms with Crippen LogP contribution in [-0.2, 0) is 6.42 Å². The minimum Gasteiger partial charge on any atom is -0.388 e. The van der Waals surface area contributed by atoms with Crippen LogP contribution in [0, 0.1) is 0 Å². The second kappa shape index (κ2) is 12.7. The fourth-order valence-corrected chi connectivity index (χ4v) is 5.09. The van der Waals surface area contributed by atoms with Gasteiger partial charge in [-0.15, -0.1) is 0 Å². The Morgan fingerprint density at radius 1 is 0.667 bits per heavy atom. The molecule has 2 unspecified atom stereocenters. The average Bonchev–Trinajstić information content (AvgIpc) is 3.21. The van der Waals surface area contributed by atoms with Gasteiger partial charge in [0, 0.05) is 0 Å². The van der Waals surface area contributed by atoms with Crippen molar-refractivity contribution in [3.63, 3.8) is 0 Å². The fourth-order valence-electron chi connectivity index (χ4n) is 5.09. The lowest BCUT2D eigenvalue weighted by Crippen LogP contribution is -2.24. The van der Waals surface area contributed by atoms with Crippen LogP contribution in [0.4, 0.5) is 0 Å². The average molecular weight is 453 g/mol. The summed E-state index contributed by atoms with van der Waals surface area (Å²) in [5.41, 5.74) is 7.17. The molecule has 0 amide bonds. The van der Waals surface area contributed by atoms with Crippen LogP contribution in [-0.4, -0.2) is 59.3 Å². The lowest BCUT2D eigenvalue weighted by Gasteiger charge is -2.19. The molecule has 2 aromatic carbocycles. The van der Waals surface area contributed by atoms with Crippen LogP contribution in [0.15, 0.2) is 36.4 Å². The summed E-state index contributed by atoms with van der Waals surface area (Å²) < 4.78 is 0. The molecule has 0 spiro atoms. The zero-order valence-corrected chi connectivity index (χ0v) is 21.2. The van der Waals surface area contributed by atoms with E-state index in [4.69, 9.17) is 0 Å². The highest BCUT2D eigenvalue weighted by molar-refractivity contribution is 5.77. The second-order valence-corrected chi connectivity index (χ2v) is 9.38. The summed E-state index contributed by atoms with van der Waals surface area (Å²) in [6.45, 7) is 15.1. The number of nitrogens with zero attached hydrogens (tertiary/aromatic N) is 2. The van der Waals surface area contributed by atoms with E-state index in [1.165, 1.54) is 22.3 Å². The maximum Gasteiger partial charge on any atom is 0.0790 e. The summed E-state index contributed by atoms with van der Waals surface area (Å²) in [5.74, 6) is 0. The summed E-state index contributed by atoms with van der Waals surface area (Å²) in [6.07, 6.45) is 3.68. The molecule has 0 saturated carbocycles. The van der Waals surface area contributed by atoms with Crippen LogP contribution in [0.1, 0.15) is 87.8 Å². The Labute approximate surface area is 201 Å². The lowest BCUT2D eigenvalue weighted by molar-refractivity contribution is 0.156. The standard InChI is InChI=1S/C29H44N2O2/c1-5-30(6-2)17-9-11-28(32)22-13-15-26-24(19-22)21-25-20-23(14-16-27(25)26)29(33)12-10-18-31(7-3)8-4/h13-16,19-20,28-29,32-33H,5-12,17-18,21H2,1-4H3. The van der Waals surface area contributed by atoms with Crippen LogP contribution in [0.3, 0.4) is 0 Å². The van der Waals surface area contributed by atoms with Crippen LogP contribution in [0.5, 0.6) is 0 Å². The molecule has 3 rings (SSSR count). The fraction of sp³-hybridized carbons (Fsp3) is 0.586. The SMILES string of the molecule is CCN(CC)CCCC(O)c1ccc2c(c1)Cc1cc(C(O)CCCN(CC)CC)ccc1-2. The number of hydrogen-bond acceptors (Lipinski definition) is 4. The van der Waals surface area contributed by atoms with Crippen molar-refractivity contribution < 1.29 is 10.2 Å². The molecule has 0 fully saturated rings. The summed E-state index contributed by atoms with van der Waals surface area (Å²) >= 11 is 0. The van der Waals surface area contributed by atoms with Crippen molar-refractivity contribution >= 4 is 0 Å². The Bertz CT molecular complexity index is 802. The van der Waals surface area contributed by atoms with Crippen LogP contribution in [0.25, 0.3) is 11.1 Å². The molecule has 0 bridgehead atoms. The summed E-state index contributed by atoms with van der Waals surface area (Å²) in [4.78, 5) is 4.81. The van der Waals surface area contributed by atoms with Gasteiger partial charge in [-0.25, -0.2) is 0 Å². The first-order valence-corrected chi connectivity index (χ1v) is 13.1. The van der Waals surface area contributed by atoms with E-state index in [1.54, 1.807) is 0 Å². The molecule has 1 aliphatic carbocycles. The monoisotopic (exact) mass is 452 g/mol. The Hall–Kier alpha value is -1.72. The molecule has 2 atom stereocenters. The van der Waals surface area contributed by atoms with E-state index in [9.17, 15) is 10.2 Å². The van der Waals surface area contributed by atoms with Crippen molar-refractivity contribution in [2.24, 2.45) is 0 Å². The minimum absolute atomic E-state index is 0.405. The largest absolute Gasteiger partial charge is 0.388 e. The topological polar surface area (TPSA) is 46.9 Å². The molecule has 1 aliphatic rings. The molecule has 0 heterocycles. The first kappa shape index (κ1) is 25.9. The van der Waals surface area contributed by atoms with E-state index in [-0.39, 0.29) is 0 Å². The maximum absolute atomic E-state index is 10.7. The van der Waals surface area contributed by atoms with Crippen molar-refractivity contribution in [3.8, 4) is 11.1 Å². The molecule has 0 aromatic heterocycles. The number of benzene rings is 2. The van der Waals surface area contributed by atoms with Gasteiger partial charge in [-0.1, -0.05) is 64.1 Å². The molecule has 33 heavy (non-hydrogen) atoms. The Morgan fingerprint density at radius 3 is 1.42 bits per heavy atom. The van der Waals surface area contributed by atoms with Crippen molar-refractivity contribution in [1.29, 1.82) is 0 Å². The number of hydrogen-bond donors (Lipinski definition) is 2. The molecular weight excluding hydrogens is 408 g/mol. The van der Waals surface area contributed by atoms with E-state index in [0.717, 1.165) is 82.5 Å². The van der Waals surface area contributed by atoms with Crippen molar-refractivity contribution in [2.75, 3.05) is 39.3 Å². The van der Waals surface area contributed by atoms with Gasteiger partial charge in [-0.3, -0.25) is 0 Å². The predicted molar refractivity (Wildman–Crippen MR) is 139 cm³/mol. The first-order valence-electron chi connectivity index (χ1n) is 13.1. The van der Waals surface area contributed by atoms with Crippen molar-refractivity contribution in [3.05, 3.63) is 58.7 Å². The van der Waals surface area contributed by atoms with Gasteiger partial charge in [-0.2, -0.15) is 0 Å². The number of fused-ring (bicyclic) bond motifs is 3. The Kier molecular flexibility index (Phi) is 9.94. The van der Waals surface area contributed by atoms with Gasteiger partial charge >= 0.3 is 0 Å². The Morgan fingerprint density at radius 2 is 1.06 bits per heavy atom. The summed E-state index contributed by atoms with van der Waals surface area (Å²) in [6, 6.07) is 12.9. The lowest BCUT2D eigenvalue weighted by atomic mass is 9.97. The summed E-state index contributed by atoms with van der Waals surface area (Å²) in [5, 5.41) is 21.5. The highest BCUT2D eigenvalue weighted by atomic mass is 16.3. The molecule has 0 radical (unpaired) electrons. The molecule has 182 valence electrons. The van der Waals surface area contributed by atoms with Crippen LogP contribution in [0.2, 0.25) is 0 Å². The summed E-state index contributed by atoms with van der Waals surface area (Å²) in [7, 11) is 0. The van der Waals surface area contributed by atoms with Gasteiger partial charge in [0.25, 0.3) is 0 Å². The first-order chi connectivity index (χ1) is 16.0. The predicted octanol–water partition coefficient (Wildman–Crippen LogP) is 5.57. The molecule has 2 aromatic rings. The van der Waals surface area contributed by atoms with E-state index in [2.05, 4.69) is 73.9 Å². The number of rotatable bonds is 14. The molecule has 4 nitrogen and oxygen atoms in total. The Balaban J connectivity index is 1.60. The zero-order chi connectivity index (χ0) is 23.8. The van der Waals surface area contributed by atoms with Crippen LogP contribution < -0.4 is 0 Å². The second-order valence-electron chi connectivity index (χ2n) is 9.38. The molecule has 0 saturated heterocycles. The van der Waals surface area contributed by atoms with Gasteiger partial charge in [0.15, 0.2) is 0 Å². The number of aliphatic hydroxyl groups excluding tert-OH is 2. The van der Waals surface area contributed by atoms with Gasteiger partial charge in [0.05, 0.1) is 12.2 Å². The molecule has 4 heteroatoms. The normalized spacial score (nSPS) is 14.5. The van der Waals surface area contributed by atoms with Crippen molar-refractivity contribution in [2.45, 2.75) is 72.0 Å².